The summed E-state index contributed by atoms with van der Waals surface area (Å²) in [6.07, 6.45) is 0. The van der Waals surface area contributed by atoms with E-state index in [0.29, 0.717) is 28.1 Å². The first-order chi connectivity index (χ1) is 13.1. The molecule has 0 amide bonds. The molecular weight excluding hydrogens is 389 g/mol. The Morgan fingerprint density at radius 3 is 2.48 bits per heavy atom. The normalized spacial score (nSPS) is 11.1. The fourth-order valence-corrected chi connectivity index (χ4v) is 3.32. The molecule has 0 spiro atoms. The molecule has 0 atom stereocenters. The van der Waals surface area contributed by atoms with E-state index in [1.54, 1.807) is 12.1 Å². The lowest BCUT2D eigenvalue weighted by Gasteiger charge is -2.03. The minimum atomic E-state index is -0.312. The summed E-state index contributed by atoms with van der Waals surface area (Å²) < 4.78 is 20.1. The maximum atomic E-state index is 13.0. The molecule has 0 fully saturated rings. The third kappa shape index (κ3) is 3.86. The number of aromatic nitrogens is 5. The largest absolute Gasteiger partial charge is 0.334 e. The van der Waals surface area contributed by atoms with Crippen molar-refractivity contribution in [2.45, 2.75) is 10.9 Å². The lowest BCUT2D eigenvalue weighted by molar-refractivity contribution is 0.425. The molecule has 9 heteroatoms. The van der Waals surface area contributed by atoms with Gasteiger partial charge in [0.1, 0.15) is 5.82 Å². The molecule has 0 radical (unpaired) electrons. The summed E-state index contributed by atoms with van der Waals surface area (Å²) in [5.41, 5.74) is 1.60. The number of nitrogens with zero attached hydrogens (tertiary/aromatic N) is 5. The SMILES string of the molecule is Cn1c(SCc2noc(-c3ccc(F)cc3)n2)nnc1-c1ccc(Cl)cc1. The summed E-state index contributed by atoms with van der Waals surface area (Å²) in [6, 6.07) is 13.3. The number of benzene rings is 2. The number of hydrogen-bond acceptors (Lipinski definition) is 6. The topological polar surface area (TPSA) is 69.6 Å². The molecule has 0 unspecified atom stereocenters. The highest BCUT2D eigenvalue weighted by Gasteiger charge is 2.14. The van der Waals surface area contributed by atoms with Crippen molar-refractivity contribution in [3.05, 3.63) is 65.2 Å². The Kier molecular flexibility index (Phi) is 4.91. The smallest absolute Gasteiger partial charge is 0.257 e. The molecule has 0 aliphatic heterocycles. The molecule has 0 N–H and O–H groups in total. The number of thioether (sulfide) groups is 1. The van der Waals surface area contributed by atoms with Gasteiger partial charge in [-0.2, -0.15) is 4.98 Å². The van der Waals surface area contributed by atoms with E-state index in [9.17, 15) is 4.39 Å². The van der Waals surface area contributed by atoms with Crippen molar-refractivity contribution in [1.29, 1.82) is 0 Å². The summed E-state index contributed by atoms with van der Waals surface area (Å²) >= 11 is 7.38. The van der Waals surface area contributed by atoms with Crippen LogP contribution in [0.15, 0.2) is 58.2 Å². The van der Waals surface area contributed by atoms with Crippen LogP contribution < -0.4 is 0 Å². The Bertz CT molecular complexity index is 1060. The molecule has 0 aliphatic rings. The first-order valence-electron chi connectivity index (χ1n) is 7.97. The maximum absolute atomic E-state index is 13.0. The standard InChI is InChI=1S/C18H13ClFN5OS/c1-25-16(11-2-6-13(19)7-3-11)22-23-18(25)27-10-15-21-17(26-24-15)12-4-8-14(20)9-5-12/h2-9H,10H2,1H3. The summed E-state index contributed by atoms with van der Waals surface area (Å²) in [7, 11) is 1.90. The summed E-state index contributed by atoms with van der Waals surface area (Å²) in [6.45, 7) is 0. The highest BCUT2D eigenvalue weighted by molar-refractivity contribution is 7.98. The van der Waals surface area contributed by atoms with Gasteiger partial charge >= 0.3 is 0 Å². The van der Waals surface area contributed by atoms with Crippen LogP contribution in [0.5, 0.6) is 0 Å². The Balaban J connectivity index is 1.46. The van der Waals surface area contributed by atoms with Crippen LogP contribution in [0, 0.1) is 5.82 Å². The zero-order valence-corrected chi connectivity index (χ0v) is 15.7. The van der Waals surface area contributed by atoms with Gasteiger partial charge in [0.2, 0.25) is 0 Å². The minimum absolute atomic E-state index is 0.312. The van der Waals surface area contributed by atoms with Gasteiger partial charge in [0.15, 0.2) is 16.8 Å². The molecule has 0 saturated carbocycles. The molecule has 2 heterocycles. The van der Waals surface area contributed by atoms with E-state index in [2.05, 4.69) is 20.3 Å². The average Bonchev–Trinajstić information content (AvgIpc) is 3.28. The van der Waals surface area contributed by atoms with E-state index in [4.69, 9.17) is 16.1 Å². The molecule has 0 saturated heterocycles. The maximum Gasteiger partial charge on any atom is 0.257 e. The average molecular weight is 402 g/mol. The lowest BCUT2D eigenvalue weighted by atomic mass is 10.2. The van der Waals surface area contributed by atoms with Gasteiger partial charge in [-0.1, -0.05) is 28.5 Å². The van der Waals surface area contributed by atoms with Crippen molar-refractivity contribution in [3.63, 3.8) is 0 Å². The van der Waals surface area contributed by atoms with E-state index >= 15 is 0 Å². The molecular formula is C18H13ClFN5OS. The Morgan fingerprint density at radius 1 is 1.04 bits per heavy atom. The van der Waals surface area contributed by atoms with Crippen molar-refractivity contribution in [2.75, 3.05) is 0 Å². The van der Waals surface area contributed by atoms with Crippen molar-refractivity contribution in [2.24, 2.45) is 7.05 Å². The zero-order valence-electron chi connectivity index (χ0n) is 14.1. The predicted molar refractivity (Wildman–Crippen MR) is 101 cm³/mol. The van der Waals surface area contributed by atoms with Crippen molar-refractivity contribution < 1.29 is 8.91 Å². The molecule has 2 aromatic carbocycles. The molecule has 4 aromatic rings. The number of hydrogen-bond donors (Lipinski definition) is 0. The third-order valence-corrected chi connectivity index (χ3v) is 5.10. The lowest BCUT2D eigenvalue weighted by Crippen LogP contribution is -1.95. The van der Waals surface area contributed by atoms with Crippen LogP contribution in [0.1, 0.15) is 5.82 Å². The van der Waals surface area contributed by atoms with Gasteiger partial charge in [-0.25, -0.2) is 4.39 Å². The molecule has 4 rings (SSSR count). The Morgan fingerprint density at radius 2 is 1.74 bits per heavy atom. The fraction of sp³-hybridized carbons (Fsp3) is 0.111. The minimum Gasteiger partial charge on any atom is -0.334 e. The molecule has 6 nitrogen and oxygen atoms in total. The second-order valence-corrected chi connectivity index (χ2v) is 7.06. The fourth-order valence-electron chi connectivity index (χ4n) is 2.44. The van der Waals surface area contributed by atoms with Gasteiger partial charge in [-0.3, -0.25) is 0 Å². The van der Waals surface area contributed by atoms with Crippen LogP contribution in [-0.2, 0) is 12.8 Å². The van der Waals surface area contributed by atoms with Crippen molar-refractivity contribution in [1.82, 2.24) is 24.9 Å². The second-order valence-electron chi connectivity index (χ2n) is 5.68. The molecule has 0 bridgehead atoms. The van der Waals surface area contributed by atoms with E-state index in [1.807, 2.05) is 35.9 Å². The van der Waals surface area contributed by atoms with Crippen molar-refractivity contribution >= 4 is 23.4 Å². The zero-order chi connectivity index (χ0) is 18.8. The molecule has 2 aromatic heterocycles. The van der Waals surface area contributed by atoms with Crippen molar-refractivity contribution in [3.8, 4) is 22.8 Å². The molecule has 27 heavy (non-hydrogen) atoms. The van der Waals surface area contributed by atoms with Crippen LogP contribution in [0.3, 0.4) is 0 Å². The van der Waals surface area contributed by atoms with E-state index < -0.39 is 0 Å². The summed E-state index contributed by atoms with van der Waals surface area (Å²) in [5.74, 6) is 1.78. The summed E-state index contributed by atoms with van der Waals surface area (Å²) in [4.78, 5) is 4.34. The van der Waals surface area contributed by atoms with Gasteiger partial charge in [-0.15, -0.1) is 10.2 Å². The van der Waals surface area contributed by atoms with Gasteiger partial charge in [0.05, 0.1) is 5.75 Å². The number of halogens is 2. The second kappa shape index (κ2) is 7.50. The monoisotopic (exact) mass is 401 g/mol. The number of rotatable bonds is 5. The summed E-state index contributed by atoms with van der Waals surface area (Å²) in [5, 5.41) is 13.8. The van der Waals surface area contributed by atoms with E-state index in [0.717, 1.165) is 16.5 Å². The van der Waals surface area contributed by atoms with Crippen LogP contribution >= 0.6 is 23.4 Å². The Hall–Kier alpha value is -2.71. The van der Waals surface area contributed by atoms with Gasteiger partial charge in [-0.05, 0) is 48.5 Å². The van der Waals surface area contributed by atoms with Crippen LogP contribution in [-0.4, -0.2) is 24.9 Å². The highest BCUT2D eigenvalue weighted by Crippen LogP contribution is 2.26. The third-order valence-electron chi connectivity index (χ3n) is 3.83. The van der Waals surface area contributed by atoms with E-state index in [-0.39, 0.29) is 5.82 Å². The van der Waals surface area contributed by atoms with Gasteiger partial charge in [0.25, 0.3) is 5.89 Å². The predicted octanol–water partition coefficient (Wildman–Crippen LogP) is 4.62. The van der Waals surface area contributed by atoms with E-state index in [1.165, 1.54) is 23.9 Å². The highest BCUT2D eigenvalue weighted by atomic mass is 35.5. The quantitative estimate of drug-likeness (QED) is 0.454. The van der Waals surface area contributed by atoms with Crippen LogP contribution in [0.4, 0.5) is 4.39 Å². The first-order valence-corrected chi connectivity index (χ1v) is 9.33. The van der Waals surface area contributed by atoms with Gasteiger partial charge in [0, 0.05) is 23.2 Å². The van der Waals surface area contributed by atoms with Crippen LogP contribution in [0.25, 0.3) is 22.8 Å². The first kappa shape index (κ1) is 17.7. The van der Waals surface area contributed by atoms with Crippen LogP contribution in [0.2, 0.25) is 5.02 Å². The molecule has 136 valence electrons. The molecule has 0 aliphatic carbocycles. The Labute approximate surface area is 163 Å². The van der Waals surface area contributed by atoms with Gasteiger partial charge < -0.3 is 9.09 Å².